The number of aryl methyl sites for hydroxylation is 1. The number of pyridine rings is 2. The van der Waals surface area contributed by atoms with Crippen molar-refractivity contribution in [3.63, 3.8) is 0 Å². The maximum atomic E-state index is 15.0. The fourth-order valence-corrected chi connectivity index (χ4v) is 4.58. The van der Waals surface area contributed by atoms with Gasteiger partial charge in [-0.3, -0.25) is 9.20 Å². The number of rotatable bonds is 4. The lowest BCUT2D eigenvalue weighted by Gasteiger charge is -2.20. The van der Waals surface area contributed by atoms with E-state index in [-0.39, 0.29) is 17.4 Å². The van der Waals surface area contributed by atoms with Gasteiger partial charge in [-0.15, -0.1) is 0 Å². The summed E-state index contributed by atoms with van der Waals surface area (Å²) in [6, 6.07) is 1.50. The van der Waals surface area contributed by atoms with Gasteiger partial charge in [-0.1, -0.05) is 0 Å². The molecular formula is C20H23FN2O3. The van der Waals surface area contributed by atoms with Crippen LogP contribution in [-0.4, -0.2) is 22.0 Å². The summed E-state index contributed by atoms with van der Waals surface area (Å²) in [4.78, 5) is 24.1. The molecule has 0 radical (unpaired) electrons. The lowest BCUT2D eigenvalue weighted by Crippen LogP contribution is -2.24. The average molecular weight is 358 g/mol. The number of nitrogens with two attached hydrogens (primary N) is 1. The van der Waals surface area contributed by atoms with E-state index in [4.69, 9.17) is 5.73 Å². The summed E-state index contributed by atoms with van der Waals surface area (Å²) in [7, 11) is 0. The minimum atomic E-state index is -1.27. The van der Waals surface area contributed by atoms with E-state index in [9.17, 15) is 19.1 Å². The van der Waals surface area contributed by atoms with Gasteiger partial charge in [-0.05, 0) is 86.1 Å². The Kier molecular flexibility index (Phi) is 4.10. The molecule has 0 saturated heterocycles. The predicted molar refractivity (Wildman–Crippen MR) is 96.4 cm³/mol. The van der Waals surface area contributed by atoms with Gasteiger partial charge in [0.2, 0.25) is 0 Å². The first-order chi connectivity index (χ1) is 12.4. The topological polar surface area (TPSA) is 84.8 Å². The molecule has 0 aromatic carbocycles. The Morgan fingerprint density at radius 1 is 1.31 bits per heavy atom. The van der Waals surface area contributed by atoms with Gasteiger partial charge >= 0.3 is 5.97 Å². The molecule has 2 aromatic rings. The molecule has 0 bridgehead atoms. The van der Waals surface area contributed by atoms with Crippen molar-refractivity contribution in [2.75, 3.05) is 6.54 Å². The maximum Gasteiger partial charge on any atom is 0.341 e. The normalized spacial score (nSPS) is 22.9. The van der Waals surface area contributed by atoms with Gasteiger partial charge in [0.25, 0.3) is 5.56 Å². The molecule has 4 rings (SSSR count). The van der Waals surface area contributed by atoms with Crippen molar-refractivity contribution >= 4 is 11.5 Å². The Morgan fingerprint density at radius 3 is 2.58 bits per heavy atom. The zero-order valence-corrected chi connectivity index (χ0v) is 14.8. The van der Waals surface area contributed by atoms with Crippen LogP contribution in [0.5, 0.6) is 0 Å². The third-order valence-electron chi connectivity index (χ3n) is 6.05. The van der Waals surface area contributed by atoms with Crippen molar-refractivity contribution in [2.45, 2.75) is 50.9 Å². The molecule has 138 valence electrons. The fourth-order valence-electron chi connectivity index (χ4n) is 4.58. The van der Waals surface area contributed by atoms with Crippen LogP contribution < -0.4 is 11.3 Å². The third-order valence-corrected chi connectivity index (χ3v) is 6.05. The minimum Gasteiger partial charge on any atom is -0.477 e. The van der Waals surface area contributed by atoms with E-state index in [1.807, 2.05) is 6.92 Å². The summed E-state index contributed by atoms with van der Waals surface area (Å²) in [5.74, 6) is -0.926. The van der Waals surface area contributed by atoms with E-state index in [0.717, 1.165) is 43.2 Å². The second kappa shape index (κ2) is 6.20. The number of fused-ring (bicyclic) bond motifs is 1. The Hall–Kier alpha value is -2.21. The summed E-state index contributed by atoms with van der Waals surface area (Å²) in [6.45, 7) is 2.47. The van der Waals surface area contributed by atoms with Gasteiger partial charge in [-0.2, -0.15) is 0 Å². The average Bonchev–Trinajstić information content (AvgIpc) is 3.33. The largest absolute Gasteiger partial charge is 0.477 e. The van der Waals surface area contributed by atoms with Crippen molar-refractivity contribution in [3.05, 3.63) is 50.7 Å². The monoisotopic (exact) mass is 358 g/mol. The van der Waals surface area contributed by atoms with E-state index < -0.39 is 17.3 Å². The molecule has 26 heavy (non-hydrogen) atoms. The molecule has 0 spiro atoms. The highest BCUT2D eigenvalue weighted by atomic mass is 19.1. The van der Waals surface area contributed by atoms with E-state index >= 15 is 0 Å². The lowest BCUT2D eigenvalue weighted by atomic mass is 9.90. The van der Waals surface area contributed by atoms with Gasteiger partial charge < -0.3 is 10.8 Å². The van der Waals surface area contributed by atoms with Crippen LogP contribution in [0.25, 0.3) is 5.52 Å². The quantitative estimate of drug-likeness (QED) is 0.879. The van der Waals surface area contributed by atoms with E-state index in [1.165, 1.54) is 16.7 Å². The van der Waals surface area contributed by atoms with Crippen LogP contribution in [0.4, 0.5) is 4.39 Å². The maximum absolute atomic E-state index is 15.0. The Labute approximate surface area is 150 Å². The second-order valence-corrected chi connectivity index (χ2v) is 7.74. The fraction of sp³-hybridized carbons (Fsp3) is 0.500. The number of aromatic carboxylic acids is 1. The van der Waals surface area contributed by atoms with Crippen LogP contribution in [0.3, 0.4) is 0 Å². The molecular weight excluding hydrogens is 335 g/mol. The highest BCUT2D eigenvalue weighted by molar-refractivity contribution is 5.88. The number of hydrogen-bond acceptors (Lipinski definition) is 3. The second-order valence-electron chi connectivity index (χ2n) is 7.74. The summed E-state index contributed by atoms with van der Waals surface area (Å²) >= 11 is 0. The zero-order chi connectivity index (χ0) is 18.6. The molecule has 2 fully saturated rings. The third kappa shape index (κ3) is 2.63. The number of carboxylic acids is 1. The number of carbonyl (C=O) groups is 1. The molecule has 2 aliphatic carbocycles. The molecule has 6 heteroatoms. The van der Waals surface area contributed by atoms with Crippen LogP contribution in [-0.2, 0) is 0 Å². The number of halogens is 1. The minimum absolute atomic E-state index is 0.106. The Balaban J connectivity index is 1.97. The van der Waals surface area contributed by atoms with Crippen LogP contribution >= 0.6 is 0 Å². The first-order valence-electron chi connectivity index (χ1n) is 9.24. The van der Waals surface area contributed by atoms with Gasteiger partial charge in [0, 0.05) is 6.20 Å². The van der Waals surface area contributed by atoms with Crippen LogP contribution in [0.1, 0.15) is 71.0 Å². The number of carboxylic acid groups (broad SMARTS) is 1. The van der Waals surface area contributed by atoms with Crippen molar-refractivity contribution < 1.29 is 14.3 Å². The summed E-state index contributed by atoms with van der Waals surface area (Å²) in [5.41, 5.74) is 7.81. The predicted octanol–water partition coefficient (Wildman–Crippen LogP) is 3.17. The van der Waals surface area contributed by atoms with Gasteiger partial charge in [0.05, 0.1) is 5.52 Å². The van der Waals surface area contributed by atoms with Crippen molar-refractivity contribution in [1.82, 2.24) is 4.40 Å². The molecule has 2 aromatic heterocycles. The SMILES string of the molecule is Cc1c([C@@H]2CC[C@@H](CN)C2)c(F)cn2c(=O)c(C(=O)O)cc(C3CC3)c12. The number of nitrogens with zero attached hydrogens (tertiary/aromatic N) is 1. The summed E-state index contributed by atoms with van der Waals surface area (Å²) in [5, 5.41) is 9.35. The highest BCUT2D eigenvalue weighted by Crippen LogP contribution is 2.45. The molecule has 0 aliphatic heterocycles. The Morgan fingerprint density at radius 2 is 2.00 bits per heavy atom. The van der Waals surface area contributed by atoms with Crippen molar-refractivity contribution in [1.29, 1.82) is 0 Å². The molecule has 0 amide bonds. The first-order valence-corrected chi connectivity index (χ1v) is 9.24. The smallest absolute Gasteiger partial charge is 0.341 e. The van der Waals surface area contributed by atoms with E-state index in [2.05, 4.69) is 0 Å². The van der Waals surface area contributed by atoms with E-state index in [0.29, 0.717) is 23.5 Å². The summed E-state index contributed by atoms with van der Waals surface area (Å²) < 4.78 is 16.2. The molecule has 0 unspecified atom stereocenters. The molecule has 2 heterocycles. The molecule has 5 nitrogen and oxygen atoms in total. The van der Waals surface area contributed by atoms with Crippen molar-refractivity contribution in [2.24, 2.45) is 11.7 Å². The van der Waals surface area contributed by atoms with E-state index in [1.54, 1.807) is 0 Å². The van der Waals surface area contributed by atoms with Crippen molar-refractivity contribution in [3.8, 4) is 0 Å². The van der Waals surface area contributed by atoms with Crippen LogP contribution in [0.2, 0.25) is 0 Å². The number of hydrogen-bond donors (Lipinski definition) is 2. The number of aromatic nitrogens is 1. The summed E-state index contributed by atoms with van der Waals surface area (Å²) in [6.07, 6.45) is 5.88. The van der Waals surface area contributed by atoms with Crippen LogP contribution in [0, 0.1) is 18.7 Å². The molecule has 2 atom stereocenters. The zero-order valence-electron chi connectivity index (χ0n) is 14.8. The highest BCUT2D eigenvalue weighted by Gasteiger charge is 2.33. The van der Waals surface area contributed by atoms with Gasteiger partial charge in [0.1, 0.15) is 11.4 Å². The molecule has 2 saturated carbocycles. The van der Waals surface area contributed by atoms with Gasteiger partial charge in [0.15, 0.2) is 0 Å². The van der Waals surface area contributed by atoms with Gasteiger partial charge in [-0.25, -0.2) is 9.18 Å². The Bertz CT molecular complexity index is 962. The molecule has 3 N–H and O–H groups in total. The molecule has 2 aliphatic rings. The van der Waals surface area contributed by atoms with Crippen LogP contribution in [0.15, 0.2) is 17.1 Å². The lowest BCUT2D eigenvalue weighted by molar-refractivity contribution is 0.0694. The standard InChI is InChI=1S/C20H23FN2O3/c1-10-17(13-3-2-11(6-13)8-22)16(21)9-23-18(10)14(12-4-5-12)7-15(19(23)24)20(25)26/h7,9,11-13H,2-6,8,22H2,1H3,(H,25,26)/t11-,13-/m1/s1. The first kappa shape index (κ1) is 17.2.